The van der Waals surface area contributed by atoms with E-state index in [4.69, 9.17) is 11.6 Å². The quantitative estimate of drug-likeness (QED) is 0.684. The second-order valence-corrected chi connectivity index (χ2v) is 3.41. The van der Waals surface area contributed by atoms with Crippen molar-refractivity contribution < 1.29 is 9.90 Å². The number of alkyl halides is 1. The zero-order valence-corrected chi connectivity index (χ0v) is 8.51. The summed E-state index contributed by atoms with van der Waals surface area (Å²) in [6, 6.07) is 6.86. The molecule has 3 N–H and O–H groups in total. The number of aromatic amines is 1. The maximum absolute atomic E-state index is 11.0. The van der Waals surface area contributed by atoms with E-state index < -0.39 is 0 Å². The molecule has 0 atom stereocenters. The Morgan fingerprint density at radius 2 is 2.27 bits per heavy atom. The van der Waals surface area contributed by atoms with E-state index in [0.717, 1.165) is 10.9 Å². The SMILES string of the molecule is O=C(CCl)Nc1ccc2[nH]c(O)cc2c1. The average molecular weight is 225 g/mol. The predicted octanol–water partition coefficient (Wildman–Crippen LogP) is 2.05. The number of carbonyl (C=O) groups excluding carboxylic acids is 1. The molecule has 78 valence electrons. The van der Waals surface area contributed by atoms with Gasteiger partial charge in [-0.2, -0.15) is 0 Å². The van der Waals surface area contributed by atoms with E-state index in [1.165, 1.54) is 0 Å². The van der Waals surface area contributed by atoms with Crippen LogP contribution in [0.4, 0.5) is 5.69 Å². The van der Waals surface area contributed by atoms with E-state index >= 15 is 0 Å². The van der Waals surface area contributed by atoms with Crippen LogP contribution >= 0.6 is 11.6 Å². The third-order valence-electron chi connectivity index (χ3n) is 2.01. The molecule has 0 saturated carbocycles. The molecular weight excluding hydrogens is 216 g/mol. The molecule has 0 radical (unpaired) electrons. The van der Waals surface area contributed by atoms with Crippen molar-refractivity contribution in [3.63, 3.8) is 0 Å². The first-order chi connectivity index (χ1) is 7.19. The zero-order chi connectivity index (χ0) is 10.8. The maximum Gasteiger partial charge on any atom is 0.239 e. The Labute approximate surface area is 90.9 Å². The van der Waals surface area contributed by atoms with Crippen molar-refractivity contribution in [3.8, 4) is 5.88 Å². The third-order valence-corrected chi connectivity index (χ3v) is 2.25. The number of fused-ring (bicyclic) bond motifs is 1. The van der Waals surface area contributed by atoms with Crippen LogP contribution in [0.25, 0.3) is 10.9 Å². The minimum absolute atomic E-state index is 0.0730. The summed E-state index contributed by atoms with van der Waals surface area (Å²) in [6.45, 7) is 0. The van der Waals surface area contributed by atoms with Crippen molar-refractivity contribution >= 4 is 34.1 Å². The molecule has 1 aromatic carbocycles. The number of benzene rings is 1. The molecule has 4 nitrogen and oxygen atoms in total. The van der Waals surface area contributed by atoms with Crippen molar-refractivity contribution in [3.05, 3.63) is 24.3 Å². The Hall–Kier alpha value is -1.68. The van der Waals surface area contributed by atoms with Gasteiger partial charge >= 0.3 is 0 Å². The summed E-state index contributed by atoms with van der Waals surface area (Å²) in [7, 11) is 0. The van der Waals surface area contributed by atoms with Crippen molar-refractivity contribution in [2.75, 3.05) is 11.2 Å². The van der Waals surface area contributed by atoms with Crippen LogP contribution in [-0.2, 0) is 4.79 Å². The van der Waals surface area contributed by atoms with Gasteiger partial charge in [0.2, 0.25) is 5.91 Å². The first-order valence-corrected chi connectivity index (χ1v) is 4.90. The molecule has 2 aromatic rings. The van der Waals surface area contributed by atoms with Gasteiger partial charge in [-0.3, -0.25) is 4.79 Å². The maximum atomic E-state index is 11.0. The van der Waals surface area contributed by atoms with Crippen molar-refractivity contribution in [2.45, 2.75) is 0 Å². The fourth-order valence-corrected chi connectivity index (χ4v) is 1.46. The topological polar surface area (TPSA) is 65.1 Å². The molecule has 15 heavy (non-hydrogen) atoms. The van der Waals surface area contributed by atoms with Gasteiger partial charge in [0, 0.05) is 22.7 Å². The summed E-state index contributed by atoms with van der Waals surface area (Å²) >= 11 is 5.37. The number of aromatic nitrogens is 1. The van der Waals surface area contributed by atoms with E-state index in [0.29, 0.717) is 5.69 Å². The Morgan fingerprint density at radius 3 is 3.00 bits per heavy atom. The smallest absolute Gasteiger partial charge is 0.239 e. The molecule has 0 aliphatic rings. The van der Waals surface area contributed by atoms with Crippen LogP contribution in [0.3, 0.4) is 0 Å². The minimum atomic E-state index is -0.254. The Kier molecular flexibility index (Phi) is 2.51. The molecule has 0 aliphatic heterocycles. The van der Waals surface area contributed by atoms with Crippen LogP contribution < -0.4 is 5.32 Å². The second-order valence-electron chi connectivity index (χ2n) is 3.14. The highest BCUT2D eigenvalue weighted by Crippen LogP contribution is 2.22. The van der Waals surface area contributed by atoms with Gasteiger partial charge in [0.15, 0.2) is 5.88 Å². The molecule has 2 rings (SSSR count). The zero-order valence-electron chi connectivity index (χ0n) is 7.75. The van der Waals surface area contributed by atoms with Crippen LogP contribution in [-0.4, -0.2) is 21.9 Å². The van der Waals surface area contributed by atoms with Crippen LogP contribution in [0.2, 0.25) is 0 Å². The van der Waals surface area contributed by atoms with Gasteiger partial charge in [-0.05, 0) is 18.2 Å². The molecule has 0 bridgehead atoms. The summed E-state index contributed by atoms with van der Waals surface area (Å²) in [6.07, 6.45) is 0. The van der Waals surface area contributed by atoms with E-state index in [1.54, 1.807) is 24.3 Å². The van der Waals surface area contributed by atoms with Gasteiger partial charge in [0.25, 0.3) is 0 Å². The molecule has 1 aromatic heterocycles. The normalized spacial score (nSPS) is 10.5. The lowest BCUT2D eigenvalue weighted by Crippen LogP contribution is -2.12. The van der Waals surface area contributed by atoms with Gasteiger partial charge in [0.1, 0.15) is 5.88 Å². The van der Waals surface area contributed by atoms with Gasteiger partial charge in [0.05, 0.1) is 0 Å². The number of hydrogen-bond donors (Lipinski definition) is 3. The highest BCUT2D eigenvalue weighted by Gasteiger charge is 2.03. The number of hydrogen-bond acceptors (Lipinski definition) is 2. The Balaban J connectivity index is 2.33. The lowest BCUT2D eigenvalue weighted by atomic mass is 10.2. The summed E-state index contributed by atoms with van der Waals surface area (Å²) in [4.78, 5) is 13.8. The van der Waals surface area contributed by atoms with E-state index in [1.807, 2.05) is 0 Å². The number of carbonyl (C=O) groups is 1. The van der Waals surface area contributed by atoms with Crippen LogP contribution in [0.15, 0.2) is 24.3 Å². The summed E-state index contributed by atoms with van der Waals surface area (Å²) in [5.41, 5.74) is 1.48. The number of nitrogens with one attached hydrogen (secondary N) is 2. The van der Waals surface area contributed by atoms with Crippen LogP contribution in [0.1, 0.15) is 0 Å². The highest BCUT2D eigenvalue weighted by atomic mass is 35.5. The molecule has 1 amide bonds. The molecule has 1 heterocycles. The first-order valence-electron chi connectivity index (χ1n) is 4.36. The third kappa shape index (κ3) is 2.05. The largest absolute Gasteiger partial charge is 0.495 e. The van der Waals surface area contributed by atoms with E-state index in [-0.39, 0.29) is 17.7 Å². The number of amides is 1. The first kappa shape index (κ1) is 9.86. The summed E-state index contributed by atoms with van der Waals surface area (Å²) < 4.78 is 0. The number of H-pyrrole nitrogens is 1. The predicted molar refractivity (Wildman–Crippen MR) is 59.3 cm³/mol. The minimum Gasteiger partial charge on any atom is -0.495 e. The Bertz CT molecular complexity index is 507. The number of aromatic hydroxyl groups is 1. The van der Waals surface area contributed by atoms with Crippen LogP contribution in [0.5, 0.6) is 5.88 Å². The summed E-state index contributed by atoms with van der Waals surface area (Å²) in [5.74, 6) is -0.224. The van der Waals surface area contributed by atoms with E-state index in [2.05, 4.69) is 10.3 Å². The second kappa shape index (κ2) is 3.82. The molecule has 0 saturated heterocycles. The highest BCUT2D eigenvalue weighted by molar-refractivity contribution is 6.29. The number of halogens is 1. The summed E-state index contributed by atoms with van der Waals surface area (Å²) in [5, 5.41) is 12.7. The van der Waals surface area contributed by atoms with Crippen molar-refractivity contribution in [1.29, 1.82) is 0 Å². The average Bonchev–Trinajstić information content (AvgIpc) is 2.57. The van der Waals surface area contributed by atoms with Gasteiger partial charge in [-0.15, -0.1) is 11.6 Å². The molecule has 0 spiro atoms. The molecule has 0 fully saturated rings. The molecule has 0 unspecified atom stereocenters. The molecular formula is C10H9ClN2O2. The molecule has 0 aliphatic carbocycles. The van der Waals surface area contributed by atoms with Gasteiger partial charge in [-0.1, -0.05) is 0 Å². The van der Waals surface area contributed by atoms with Gasteiger partial charge < -0.3 is 15.4 Å². The Morgan fingerprint density at radius 1 is 1.47 bits per heavy atom. The van der Waals surface area contributed by atoms with Crippen LogP contribution in [0, 0.1) is 0 Å². The van der Waals surface area contributed by atoms with Crippen molar-refractivity contribution in [1.82, 2.24) is 4.98 Å². The molecule has 5 heteroatoms. The fraction of sp³-hybridized carbons (Fsp3) is 0.100. The standard InChI is InChI=1S/C10H9ClN2O2/c11-5-10(15)12-7-1-2-8-6(3-7)4-9(14)13-8/h1-4,13-14H,5H2,(H,12,15). The lowest BCUT2D eigenvalue weighted by Gasteiger charge is -2.02. The van der Waals surface area contributed by atoms with Gasteiger partial charge in [-0.25, -0.2) is 0 Å². The number of rotatable bonds is 2. The lowest BCUT2D eigenvalue weighted by molar-refractivity contribution is -0.113. The van der Waals surface area contributed by atoms with E-state index in [9.17, 15) is 9.90 Å². The fourth-order valence-electron chi connectivity index (χ4n) is 1.39. The number of anilines is 1. The van der Waals surface area contributed by atoms with Crippen molar-refractivity contribution in [2.24, 2.45) is 0 Å². The monoisotopic (exact) mass is 224 g/mol.